The molecule has 1 aromatic rings. The smallest absolute Gasteiger partial charge is 0.324 e. The minimum absolute atomic E-state index is 0.249. The number of aryl methyl sites for hydroxylation is 2. The van der Waals surface area contributed by atoms with Crippen molar-refractivity contribution in [1.29, 1.82) is 0 Å². The molecule has 0 amide bonds. The molecule has 1 heterocycles. The van der Waals surface area contributed by atoms with E-state index < -0.39 is 17.4 Å². The normalized spacial score (nSPS) is 14.6. The van der Waals surface area contributed by atoms with Crippen molar-refractivity contribution >= 4 is 11.9 Å². The van der Waals surface area contributed by atoms with E-state index >= 15 is 0 Å². The number of hydrogen-bond acceptors (Lipinski definition) is 5. The number of ether oxygens (including phenoxy) is 2. The van der Waals surface area contributed by atoms with Crippen molar-refractivity contribution in [3.63, 3.8) is 0 Å². The summed E-state index contributed by atoms with van der Waals surface area (Å²) in [6, 6.07) is 0. The second kappa shape index (κ2) is 10.0. The van der Waals surface area contributed by atoms with Crippen LogP contribution < -0.4 is 0 Å². The first-order valence-corrected chi connectivity index (χ1v) is 10.8. The molecule has 0 saturated carbocycles. The Morgan fingerprint density at radius 1 is 0.893 bits per heavy atom. The zero-order valence-electron chi connectivity index (χ0n) is 18.2. The highest BCUT2D eigenvalue weighted by atomic mass is 16.6. The standard InChI is InChI=1S/C23H35NO4/c1-6-10-12-17-16(5)24-20(13-11-7-2)19-15-23(14-18(17)19,21(25)27-8-3)22(26)28-9-4/h6-15H2,1-5H3. The Morgan fingerprint density at radius 3 is 1.96 bits per heavy atom. The molecule has 1 aliphatic rings. The molecule has 156 valence electrons. The SMILES string of the molecule is CCCCc1nc(C)c(CCCC)c2c1CC(C(=O)OCC)(C(=O)OCC)C2. The Hall–Kier alpha value is -1.91. The van der Waals surface area contributed by atoms with Crippen LogP contribution in [0.5, 0.6) is 0 Å². The molecule has 2 rings (SSSR count). The highest BCUT2D eigenvalue weighted by Gasteiger charge is 2.54. The van der Waals surface area contributed by atoms with Gasteiger partial charge in [-0.3, -0.25) is 14.6 Å². The van der Waals surface area contributed by atoms with Crippen LogP contribution in [0.25, 0.3) is 0 Å². The van der Waals surface area contributed by atoms with Crippen LogP contribution in [0.15, 0.2) is 0 Å². The topological polar surface area (TPSA) is 65.5 Å². The van der Waals surface area contributed by atoms with Crippen LogP contribution in [0.1, 0.15) is 81.5 Å². The van der Waals surface area contributed by atoms with Gasteiger partial charge in [0.15, 0.2) is 5.41 Å². The number of carbonyl (C=O) groups is 2. The van der Waals surface area contributed by atoms with E-state index in [0.29, 0.717) is 12.8 Å². The fourth-order valence-corrected chi connectivity index (χ4v) is 4.15. The Morgan fingerprint density at radius 2 is 1.43 bits per heavy atom. The lowest BCUT2D eigenvalue weighted by Gasteiger charge is -2.24. The van der Waals surface area contributed by atoms with Gasteiger partial charge in [0.25, 0.3) is 0 Å². The number of pyridine rings is 1. The molecule has 5 heteroatoms. The number of unbranched alkanes of at least 4 members (excludes halogenated alkanes) is 2. The van der Waals surface area contributed by atoms with Gasteiger partial charge < -0.3 is 9.47 Å². The number of nitrogens with zero attached hydrogens (tertiary/aromatic N) is 1. The highest BCUT2D eigenvalue weighted by Crippen LogP contribution is 2.43. The molecule has 5 nitrogen and oxygen atoms in total. The van der Waals surface area contributed by atoms with Crippen molar-refractivity contribution in [3.05, 3.63) is 28.1 Å². The van der Waals surface area contributed by atoms with E-state index in [0.717, 1.165) is 61.0 Å². The molecule has 28 heavy (non-hydrogen) atoms. The van der Waals surface area contributed by atoms with Gasteiger partial charge in [0.05, 0.1) is 13.2 Å². The minimum Gasteiger partial charge on any atom is -0.465 e. The third-order valence-corrected chi connectivity index (χ3v) is 5.65. The lowest BCUT2D eigenvalue weighted by atomic mass is 9.84. The average Bonchev–Trinajstić information content (AvgIpc) is 3.08. The van der Waals surface area contributed by atoms with E-state index in [4.69, 9.17) is 14.5 Å². The number of esters is 2. The van der Waals surface area contributed by atoms with Crippen molar-refractivity contribution < 1.29 is 19.1 Å². The van der Waals surface area contributed by atoms with Gasteiger partial charge in [-0.1, -0.05) is 26.7 Å². The second-order valence-corrected chi connectivity index (χ2v) is 7.66. The summed E-state index contributed by atoms with van der Waals surface area (Å²) in [4.78, 5) is 30.8. The highest BCUT2D eigenvalue weighted by molar-refractivity contribution is 6.01. The monoisotopic (exact) mass is 389 g/mol. The summed E-state index contributed by atoms with van der Waals surface area (Å²) in [7, 11) is 0. The molecular weight excluding hydrogens is 354 g/mol. The summed E-state index contributed by atoms with van der Waals surface area (Å²) in [6.45, 7) is 10.4. The minimum atomic E-state index is -1.27. The van der Waals surface area contributed by atoms with Gasteiger partial charge in [-0.15, -0.1) is 0 Å². The fourth-order valence-electron chi connectivity index (χ4n) is 4.15. The van der Waals surface area contributed by atoms with Crippen LogP contribution in [0, 0.1) is 12.3 Å². The average molecular weight is 390 g/mol. The third kappa shape index (κ3) is 4.39. The predicted molar refractivity (Wildman–Crippen MR) is 109 cm³/mol. The molecular formula is C23H35NO4. The summed E-state index contributed by atoms with van der Waals surface area (Å²) >= 11 is 0. The van der Waals surface area contributed by atoms with Gasteiger partial charge in [-0.05, 0) is 63.1 Å². The van der Waals surface area contributed by atoms with Crippen molar-refractivity contribution in [3.8, 4) is 0 Å². The third-order valence-electron chi connectivity index (χ3n) is 5.65. The van der Waals surface area contributed by atoms with Gasteiger partial charge in [-0.2, -0.15) is 0 Å². The molecule has 0 radical (unpaired) electrons. The van der Waals surface area contributed by atoms with Gasteiger partial charge >= 0.3 is 11.9 Å². The van der Waals surface area contributed by atoms with Crippen LogP contribution in [0.4, 0.5) is 0 Å². The summed E-state index contributed by atoms with van der Waals surface area (Å²) in [5.74, 6) is -0.935. The van der Waals surface area contributed by atoms with E-state index in [9.17, 15) is 9.59 Å². The molecule has 0 aliphatic heterocycles. The molecule has 0 saturated heterocycles. The van der Waals surface area contributed by atoms with Gasteiger partial charge in [-0.25, -0.2) is 0 Å². The number of hydrogen-bond donors (Lipinski definition) is 0. The van der Waals surface area contributed by atoms with E-state index in [1.165, 1.54) is 5.56 Å². The first-order chi connectivity index (χ1) is 13.4. The first-order valence-electron chi connectivity index (χ1n) is 10.8. The summed E-state index contributed by atoms with van der Waals surface area (Å²) in [5.41, 5.74) is 4.20. The van der Waals surface area contributed by atoms with Crippen LogP contribution >= 0.6 is 0 Å². The predicted octanol–water partition coefficient (Wildman–Crippen LogP) is 4.29. The molecule has 0 spiro atoms. The summed E-state index contributed by atoms with van der Waals surface area (Å²) in [6.07, 6.45) is 6.77. The molecule has 1 aliphatic carbocycles. The maximum absolute atomic E-state index is 12.9. The number of carbonyl (C=O) groups excluding carboxylic acids is 2. The Labute approximate surface area is 169 Å². The van der Waals surface area contributed by atoms with E-state index in [1.807, 2.05) is 0 Å². The number of aromatic nitrogens is 1. The van der Waals surface area contributed by atoms with Crippen molar-refractivity contribution in [2.45, 2.75) is 86.0 Å². The van der Waals surface area contributed by atoms with E-state index in [-0.39, 0.29) is 13.2 Å². The quantitative estimate of drug-likeness (QED) is 0.441. The summed E-state index contributed by atoms with van der Waals surface area (Å²) in [5, 5.41) is 0. The number of rotatable bonds is 10. The van der Waals surface area contributed by atoms with Gasteiger partial charge in [0.2, 0.25) is 0 Å². The second-order valence-electron chi connectivity index (χ2n) is 7.66. The zero-order valence-corrected chi connectivity index (χ0v) is 18.2. The molecule has 0 unspecified atom stereocenters. The molecule has 0 aromatic carbocycles. The van der Waals surface area contributed by atoms with Crippen molar-refractivity contribution in [1.82, 2.24) is 4.98 Å². The van der Waals surface area contributed by atoms with Gasteiger partial charge in [0.1, 0.15) is 0 Å². The first kappa shape index (κ1) is 22.4. The maximum Gasteiger partial charge on any atom is 0.324 e. The zero-order chi connectivity index (χ0) is 20.7. The molecule has 0 N–H and O–H groups in total. The number of fused-ring (bicyclic) bond motifs is 1. The van der Waals surface area contributed by atoms with Crippen LogP contribution in [0.2, 0.25) is 0 Å². The van der Waals surface area contributed by atoms with Crippen molar-refractivity contribution in [2.24, 2.45) is 5.41 Å². The Balaban J connectivity index is 2.56. The summed E-state index contributed by atoms with van der Waals surface area (Å²) < 4.78 is 10.7. The van der Waals surface area contributed by atoms with E-state index in [2.05, 4.69) is 20.8 Å². The van der Waals surface area contributed by atoms with Gasteiger partial charge in [0, 0.05) is 24.2 Å². The van der Waals surface area contributed by atoms with Crippen molar-refractivity contribution in [2.75, 3.05) is 13.2 Å². The van der Waals surface area contributed by atoms with Crippen LogP contribution in [-0.4, -0.2) is 30.1 Å². The Bertz CT molecular complexity index is 693. The molecule has 0 atom stereocenters. The Kier molecular flexibility index (Phi) is 8.02. The molecule has 0 fully saturated rings. The lowest BCUT2D eigenvalue weighted by molar-refractivity contribution is -0.171. The van der Waals surface area contributed by atoms with Crippen LogP contribution in [-0.2, 0) is 44.7 Å². The largest absolute Gasteiger partial charge is 0.465 e. The van der Waals surface area contributed by atoms with E-state index in [1.54, 1.807) is 13.8 Å². The molecule has 1 aromatic heterocycles. The molecule has 0 bridgehead atoms. The maximum atomic E-state index is 12.9. The fraction of sp³-hybridized carbons (Fsp3) is 0.696. The lowest BCUT2D eigenvalue weighted by Crippen LogP contribution is -2.43. The van der Waals surface area contributed by atoms with Crippen LogP contribution in [0.3, 0.4) is 0 Å².